The second kappa shape index (κ2) is 10.6. The van der Waals surface area contributed by atoms with E-state index in [4.69, 9.17) is 9.47 Å². The number of rotatable bonds is 7. The van der Waals surface area contributed by atoms with Crippen LogP contribution in [0.25, 0.3) is 0 Å². The Morgan fingerprint density at radius 1 is 1.24 bits per heavy atom. The number of amides is 2. The summed E-state index contributed by atoms with van der Waals surface area (Å²) in [5, 5.41) is 5.65. The lowest BCUT2D eigenvalue weighted by atomic mass is 10.1. The quantitative estimate of drug-likeness (QED) is 0.729. The Morgan fingerprint density at radius 2 is 1.93 bits per heavy atom. The van der Waals surface area contributed by atoms with Crippen LogP contribution in [0.4, 0.5) is 10.5 Å². The van der Waals surface area contributed by atoms with Gasteiger partial charge in [-0.1, -0.05) is 26.0 Å². The number of ether oxygens (including phenoxy) is 2. The van der Waals surface area contributed by atoms with Crippen LogP contribution >= 0.6 is 0 Å². The van der Waals surface area contributed by atoms with Crippen LogP contribution in [0.1, 0.15) is 40.2 Å². The second-order valence-electron chi connectivity index (χ2n) is 8.95. The minimum Gasteiger partial charge on any atom is -0.444 e. The van der Waals surface area contributed by atoms with Gasteiger partial charge in [-0.05, 0) is 44.4 Å². The molecule has 1 unspecified atom stereocenters. The van der Waals surface area contributed by atoms with E-state index in [9.17, 15) is 9.59 Å². The topological polar surface area (TPSA) is 79.9 Å². The molecule has 0 radical (unpaired) electrons. The highest BCUT2D eigenvalue weighted by Crippen LogP contribution is 2.13. The molecule has 1 aromatic carbocycles. The van der Waals surface area contributed by atoms with Gasteiger partial charge in [0, 0.05) is 31.9 Å². The summed E-state index contributed by atoms with van der Waals surface area (Å²) < 4.78 is 11.0. The van der Waals surface area contributed by atoms with Gasteiger partial charge in [-0.15, -0.1) is 0 Å². The third-order valence-electron chi connectivity index (χ3n) is 4.34. The molecule has 1 aliphatic rings. The van der Waals surface area contributed by atoms with E-state index < -0.39 is 11.7 Å². The van der Waals surface area contributed by atoms with E-state index in [1.165, 1.54) is 0 Å². The van der Waals surface area contributed by atoms with Gasteiger partial charge in [0.15, 0.2) is 0 Å². The predicted molar refractivity (Wildman–Crippen MR) is 114 cm³/mol. The molecule has 0 saturated carbocycles. The Hall–Kier alpha value is -2.12. The lowest BCUT2D eigenvalue weighted by molar-refractivity contribution is -0.121. The van der Waals surface area contributed by atoms with E-state index in [0.717, 1.165) is 25.2 Å². The highest BCUT2D eigenvalue weighted by molar-refractivity contribution is 5.85. The second-order valence-corrected chi connectivity index (χ2v) is 8.95. The number of nitrogens with one attached hydrogen (secondary N) is 2. The molecule has 2 amide bonds. The number of morpholine rings is 1. The van der Waals surface area contributed by atoms with Gasteiger partial charge in [0.2, 0.25) is 5.91 Å². The van der Waals surface area contributed by atoms with Crippen LogP contribution in [0, 0.1) is 5.92 Å². The number of carbonyl (C=O) groups excluding carboxylic acids is 2. The maximum atomic E-state index is 12.3. The molecule has 1 aliphatic heterocycles. The van der Waals surface area contributed by atoms with Crippen LogP contribution in [0.5, 0.6) is 0 Å². The molecular formula is C22H35N3O4. The monoisotopic (exact) mass is 405 g/mol. The third-order valence-corrected chi connectivity index (χ3v) is 4.34. The minimum atomic E-state index is -0.546. The Labute approximate surface area is 174 Å². The van der Waals surface area contributed by atoms with Crippen LogP contribution in [0.15, 0.2) is 24.3 Å². The van der Waals surface area contributed by atoms with Gasteiger partial charge in [-0.25, -0.2) is 4.79 Å². The van der Waals surface area contributed by atoms with Gasteiger partial charge >= 0.3 is 6.09 Å². The summed E-state index contributed by atoms with van der Waals surface area (Å²) in [5.74, 6) is 0.582. The van der Waals surface area contributed by atoms with E-state index in [1.54, 1.807) is 12.1 Å². The molecule has 7 heteroatoms. The van der Waals surface area contributed by atoms with Gasteiger partial charge in [0.1, 0.15) is 5.60 Å². The number of benzene rings is 1. The molecule has 0 aliphatic carbocycles. The van der Waals surface area contributed by atoms with Crippen molar-refractivity contribution >= 4 is 17.7 Å². The Balaban J connectivity index is 1.74. The van der Waals surface area contributed by atoms with Crippen molar-refractivity contribution in [3.8, 4) is 0 Å². The van der Waals surface area contributed by atoms with Gasteiger partial charge in [-0.3, -0.25) is 15.0 Å². The first-order chi connectivity index (χ1) is 13.6. The van der Waals surface area contributed by atoms with Crippen LogP contribution < -0.4 is 10.6 Å². The summed E-state index contributed by atoms with van der Waals surface area (Å²) in [6.45, 7) is 13.9. The third kappa shape index (κ3) is 9.28. The molecule has 1 saturated heterocycles. The first kappa shape index (κ1) is 23.2. The summed E-state index contributed by atoms with van der Waals surface area (Å²) in [4.78, 5) is 26.4. The highest BCUT2D eigenvalue weighted by Gasteiger charge is 2.21. The van der Waals surface area contributed by atoms with Gasteiger partial charge in [-0.2, -0.15) is 0 Å². The van der Waals surface area contributed by atoms with Crippen molar-refractivity contribution in [2.24, 2.45) is 5.92 Å². The zero-order valence-electron chi connectivity index (χ0n) is 18.3. The van der Waals surface area contributed by atoms with E-state index in [1.807, 2.05) is 32.9 Å². The Kier molecular flexibility index (Phi) is 8.46. The largest absolute Gasteiger partial charge is 0.444 e. The number of carbonyl (C=O) groups is 2. The molecule has 0 bridgehead atoms. The normalized spacial score (nSPS) is 17.8. The SMILES string of the molecule is CC(C)CN1CCOC(CNC(=O)Cc2ccc(NC(=O)OC(C)(C)C)cc2)C1. The van der Waals surface area contributed by atoms with Gasteiger partial charge in [0.05, 0.1) is 19.1 Å². The molecular weight excluding hydrogens is 370 g/mol. The number of nitrogens with zero attached hydrogens (tertiary/aromatic N) is 1. The fourth-order valence-electron chi connectivity index (χ4n) is 3.19. The maximum absolute atomic E-state index is 12.3. The smallest absolute Gasteiger partial charge is 0.412 e. The lowest BCUT2D eigenvalue weighted by Gasteiger charge is -2.33. The van der Waals surface area contributed by atoms with Crippen LogP contribution in [-0.2, 0) is 20.7 Å². The zero-order chi connectivity index (χ0) is 21.4. The lowest BCUT2D eigenvalue weighted by Crippen LogP contribution is -2.48. The number of anilines is 1. The molecule has 0 spiro atoms. The van der Waals surface area contributed by atoms with Crippen molar-refractivity contribution < 1.29 is 19.1 Å². The van der Waals surface area contributed by atoms with Crippen molar-refractivity contribution in [1.82, 2.24) is 10.2 Å². The summed E-state index contributed by atoms with van der Waals surface area (Å²) >= 11 is 0. The first-order valence-corrected chi connectivity index (χ1v) is 10.3. The fourth-order valence-corrected chi connectivity index (χ4v) is 3.19. The fraction of sp³-hybridized carbons (Fsp3) is 0.636. The van der Waals surface area contributed by atoms with E-state index in [0.29, 0.717) is 24.8 Å². The molecule has 7 nitrogen and oxygen atoms in total. The number of hydrogen-bond donors (Lipinski definition) is 2. The Bertz CT molecular complexity index is 668. The van der Waals surface area contributed by atoms with Gasteiger partial charge in [0.25, 0.3) is 0 Å². The molecule has 2 rings (SSSR count). The van der Waals surface area contributed by atoms with Crippen LogP contribution in [0.2, 0.25) is 0 Å². The van der Waals surface area contributed by atoms with E-state index in [-0.39, 0.29) is 18.4 Å². The molecule has 1 heterocycles. The summed E-state index contributed by atoms with van der Waals surface area (Å²) in [6.07, 6.45) is -0.177. The molecule has 162 valence electrons. The van der Waals surface area contributed by atoms with Crippen LogP contribution in [-0.4, -0.2) is 61.4 Å². The molecule has 0 aromatic heterocycles. The molecule has 1 atom stereocenters. The van der Waals surface area contributed by atoms with Crippen molar-refractivity contribution in [2.45, 2.75) is 52.7 Å². The highest BCUT2D eigenvalue weighted by atomic mass is 16.6. The summed E-state index contributed by atoms with van der Waals surface area (Å²) in [5.41, 5.74) is 0.961. The first-order valence-electron chi connectivity index (χ1n) is 10.3. The standard InChI is InChI=1S/C22H35N3O4/c1-16(2)14-25-10-11-28-19(15-25)13-23-20(26)12-17-6-8-18(9-7-17)24-21(27)29-22(3,4)5/h6-9,16,19H,10-15H2,1-5H3,(H,23,26)(H,24,27). The molecule has 1 aromatic rings. The number of hydrogen-bond acceptors (Lipinski definition) is 5. The van der Waals surface area contributed by atoms with Crippen molar-refractivity contribution in [3.05, 3.63) is 29.8 Å². The average Bonchev–Trinajstić information content (AvgIpc) is 2.60. The average molecular weight is 406 g/mol. The van der Waals surface area contributed by atoms with Gasteiger partial charge < -0.3 is 14.8 Å². The van der Waals surface area contributed by atoms with Crippen LogP contribution in [0.3, 0.4) is 0 Å². The van der Waals surface area contributed by atoms with E-state index >= 15 is 0 Å². The summed E-state index contributed by atoms with van der Waals surface area (Å²) in [7, 11) is 0. The van der Waals surface area contributed by atoms with Crippen molar-refractivity contribution in [3.63, 3.8) is 0 Å². The van der Waals surface area contributed by atoms with E-state index in [2.05, 4.69) is 29.4 Å². The zero-order valence-corrected chi connectivity index (χ0v) is 18.3. The maximum Gasteiger partial charge on any atom is 0.412 e. The minimum absolute atomic E-state index is 0.0341. The molecule has 1 fully saturated rings. The predicted octanol–water partition coefficient (Wildman–Crippen LogP) is 3.05. The Morgan fingerprint density at radius 3 is 2.55 bits per heavy atom. The molecule has 29 heavy (non-hydrogen) atoms. The summed E-state index contributed by atoms with van der Waals surface area (Å²) in [6, 6.07) is 7.18. The van der Waals surface area contributed by atoms with Crippen molar-refractivity contribution in [2.75, 3.05) is 38.1 Å². The van der Waals surface area contributed by atoms with Crippen molar-refractivity contribution in [1.29, 1.82) is 0 Å². The molecule has 2 N–H and O–H groups in total.